The number of benzene rings is 2. The van der Waals surface area contributed by atoms with Crippen molar-refractivity contribution in [3.63, 3.8) is 0 Å². The normalized spacial score (nSPS) is 11.3. The number of ether oxygens (including phenoxy) is 1. The second-order valence-electron chi connectivity index (χ2n) is 7.91. The number of fused-ring (bicyclic) bond motifs is 1. The van der Waals surface area contributed by atoms with E-state index in [9.17, 15) is 14.0 Å². The van der Waals surface area contributed by atoms with Gasteiger partial charge in [0.15, 0.2) is 0 Å². The van der Waals surface area contributed by atoms with Crippen LogP contribution >= 0.6 is 0 Å². The summed E-state index contributed by atoms with van der Waals surface area (Å²) >= 11 is 0. The van der Waals surface area contributed by atoms with Gasteiger partial charge in [-0.05, 0) is 41.8 Å². The van der Waals surface area contributed by atoms with E-state index in [1.165, 1.54) is 19.2 Å². The SMILES string of the molecule is COc1c(C(=O)NCC(=O)N(C)CC(C)C)ccc2[nH]nc(C=Cc3ccc(F)cc3)c12. The van der Waals surface area contributed by atoms with Crippen LogP contribution in [0.3, 0.4) is 0 Å². The first kappa shape index (κ1) is 23.0. The maximum absolute atomic E-state index is 13.1. The van der Waals surface area contributed by atoms with Gasteiger partial charge in [-0.25, -0.2) is 4.39 Å². The highest BCUT2D eigenvalue weighted by molar-refractivity contribution is 6.06. The molecule has 3 rings (SSSR count). The van der Waals surface area contributed by atoms with Gasteiger partial charge in [0, 0.05) is 13.6 Å². The predicted octanol–water partition coefficient (Wildman–Crippen LogP) is 3.73. The molecule has 0 saturated heterocycles. The van der Waals surface area contributed by atoms with Crippen LogP contribution in [0.25, 0.3) is 23.1 Å². The van der Waals surface area contributed by atoms with Gasteiger partial charge < -0.3 is 15.0 Å². The molecule has 0 aliphatic heterocycles. The molecular formula is C24H27FN4O3. The van der Waals surface area contributed by atoms with Crippen molar-refractivity contribution >= 4 is 34.9 Å². The zero-order valence-corrected chi connectivity index (χ0v) is 18.6. The minimum atomic E-state index is -0.412. The molecule has 0 atom stereocenters. The molecule has 1 aromatic heterocycles. The van der Waals surface area contributed by atoms with Crippen LogP contribution in [-0.2, 0) is 4.79 Å². The van der Waals surface area contributed by atoms with Crippen molar-refractivity contribution in [1.29, 1.82) is 0 Å². The average Bonchev–Trinajstić information content (AvgIpc) is 3.18. The van der Waals surface area contributed by atoms with Gasteiger partial charge in [0.25, 0.3) is 5.91 Å². The highest BCUT2D eigenvalue weighted by Gasteiger charge is 2.20. The molecule has 7 nitrogen and oxygen atoms in total. The molecule has 0 unspecified atom stereocenters. The summed E-state index contributed by atoms with van der Waals surface area (Å²) in [6, 6.07) is 9.44. The average molecular weight is 439 g/mol. The number of likely N-dealkylation sites (N-methyl/N-ethyl adjacent to an activating group) is 1. The Morgan fingerprint density at radius 2 is 1.91 bits per heavy atom. The van der Waals surface area contributed by atoms with Crippen molar-refractivity contribution < 1.29 is 18.7 Å². The van der Waals surface area contributed by atoms with Gasteiger partial charge in [0.05, 0.1) is 35.8 Å². The lowest BCUT2D eigenvalue weighted by Gasteiger charge is -2.19. The minimum absolute atomic E-state index is 0.105. The van der Waals surface area contributed by atoms with Crippen LogP contribution in [0.4, 0.5) is 4.39 Å². The van der Waals surface area contributed by atoms with Crippen LogP contribution in [-0.4, -0.2) is 54.2 Å². The number of aromatic nitrogens is 2. The number of methoxy groups -OCH3 is 1. The van der Waals surface area contributed by atoms with E-state index in [1.54, 1.807) is 48.4 Å². The molecule has 0 aliphatic carbocycles. The predicted molar refractivity (Wildman–Crippen MR) is 123 cm³/mol. The van der Waals surface area contributed by atoms with E-state index in [1.807, 2.05) is 13.8 Å². The molecule has 0 aliphatic rings. The first-order valence-corrected chi connectivity index (χ1v) is 10.3. The molecule has 2 N–H and O–H groups in total. The molecule has 2 aromatic carbocycles. The van der Waals surface area contributed by atoms with Gasteiger partial charge in [-0.15, -0.1) is 0 Å². The Morgan fingerprint density at radius 1 is 1.19 bits per heavy atom. The summed E-state index contributed by atoms with van der Waals surface area (Å²) < 4.78 is 18.7. The van der Waals surface area contributed by atoms with Crippen molar-refractivity contribution in [3.05, 3.63) is 59.0 Å². The fourth-order valence-corrected chi connectivity index (χ4v) is 3.40. The lowest BCUT2D eigenvalue weighted by atomic mass is 10.1. The van der Waals surface area contributed by atoms with E-state index in [0.717, 1.165) is 5.56 Å². The molecule has 0 saturated carbocycles. The first-order valence-electron chi connectivity index (χ1n) is 10.3. The van der Waals surface area contributed by atoms with Gasteiger partial charge in [-0.2, -0.15) is 5.10 Å². The molecule has 3 aromatic rings. The zero-order valence-electron chi connectivity index (χ0n) is 18.6. The van der Waals surface area contributed by atoms with E-state index in [0.29, 0.717) is 40.4 Å². The molecule has 2 amide bonds. The second kappa shape index (κ2) is 10.1. The fourth-order valence-electron chi connectivity index (χ4n) is 3.40. The van der Waals surface area contributed by atoms with E-state index in [-0.39, 0.29) is 18.3 Å². The third-order valence-corrected chi connectivity index (χ3v) is 4.93. The summed E-state index contributed by atoms with van der Waals surface area (Å²) in [5.41, 5.74) is 2.38. The van der Waals surface area contributed by atoms with Gasteiger partial charge in [0.1, 0.15) is 11.6 Å². The topological polar surface area (TPSA) is 87.3 Å². The fraction of sp³-hybridized carbons (Fsp3) is 0.292. The Labute approximate surface area is 186 Å². The Balaban J connectivity index is 1.83. The summed E-state index contributed by atoms with van der Waals surface area (Å²) in [4.78, 5) is 26.7. The standard InChI is InChI=1S/C24H27FN4O3/c1-15(2)14-29(3)21(30)13-26-24(31)18-10-12-20-22(23(18)32-4)19(27-28-20)11-7-16-5-8-17(25)9-6-16/h5-12,15H,13-14H2,1-4H3,(H,26,31)(H,27,28). The number of rotatable bonds is 8. The lowest BCUT2D eigenvalue weighted by Crippen LogP contribution is -2.39. The van der Waals surface area contributed by atoms with E-state index in [4.69, 9.17) is 4.74 Å². The smallest absolute Gasteiger partial charge is 0.255 e. The van der Waals surface area contributed by atoms with Crippen LogP contribution in [0.15, 0.2) is 36.4 Å². The largest absolute Gasteiger partial charge is 0.495 e. The Morgan fingerprint density at radius 3 is 2.56 bits per heavy atom. The molecule has 0 fully saturated rings. The number of nitrogens with one attached hydrogen (secondary N) is 2. The number of hydrogen-bond acceptors (Lipinski definition) is 4. The molecule has 32 heavy (non-hydrogen) atoms. The zero-order chi connectivity index (χ0) is 23.3. The summed E-state index contributed by atoms with van der Waals surface area (Å²) in [6.07, 6.45) is 3.56. The van der Waals surface area contributed by atoms with Crippen LogP contribution in [0.2, 0.25) is 0 Å². The number of amides is 2. The molecular weight excluding hydrogens is 411 g/mol. The molecule has 8 heteroatoms. The number of halogens is 1. The summed E-state index contributed by atoms with van der Waals surface area (Å²) in [7, 11) is 3.19. The number of carbonyl (C=O) groups is 2. The number of carbonyl (C=O) groups excluding carboxylic acids is 2. The van der Waals surface area contributed by atoms with Gasteiger partial charge in [0.2, 0.25) is 5.91 Å². The van der Waals surface area contributed by atoms with Crippen molar-refractivity contribution in [1.82, 2.24) is 20.4 Å². The number of hydrogen-bond donors (Lipinski definition) is 2. The van der Waals surface area contributed by atoms with Gasteiger partial charge in [-0.1, -0.05) is 32.1 Å². The highest BCUT2D eigenvalue weighted by Crippen LogP contribution is 2.32. The van der Waals surface area contributed by atoms with Crippen LogP contribution in [0.1, 0.15) is 35.5 Å². The van der Waals surface area contributed by atoms with Crippen molar-refractivity contribution in [2.45, 2.75) is 13.8 Å². The second-order valence-corrected chi connectivity index (χ2v) is 7.91. The third-order valence-electron chi connectivity index (χ3n) is 4.93. The maximum Gasteiger partial charge on any atom is 0.255 e. The molecule has 168 valence electrons. The summed E-state index contributed by atoms with van der Waals surface area (Å²) in [6.45, 7) is 4.56. The van der Waals surface area contributed by atoms with Crippen molar-refractivity contribution in [2.75, 3.05) is 27.2 Å². The monoisotopic (exact) mass is 438 g/mol. The Kier molecular flexibility index (Phi) is 7.25. The molecule has 0 bridgehead atoms. The number of H-pyrrole nitrogens is 1. The summed E-state index contributed by atoms with van der Waals surface area (Å²) in [5, 5.41) is 10.5. The molecule has 0 spiro atoms. The maximum atomic E-state index is 13.1. The number of aromatic amines is 1. The number of nitrogens with zero attached hydrogens (tertiary/aromatic N) is 2. The lowest BCUT2D eigenvalue weighted by molar-refractivity contribution is -0.129. The van der Waals surface area contributed by atoms with Gasteiger partial charge in [-0.3, -0.25) is 14.7 Å². The summed E-state index contributed by atoms with van der Waals surface area (Å²) in [5.74, 6) is -0.193. The Bertz CT molecular complexity index is 1140. The third kappa shape index (κ3) is 5.32. The molecule has 0 radical (unpaired) electrons. The Hall–Kier alpha value is -3.68. The van der Waals surface area contributed by atoms with Crippen LogP contribution in [0, 0.1) is 11.7 Å². The van der Waals surface area contributed by atoms with E-state index in [2.05, 4.69) is 15.5 Å². The van der Waals surface area contributed by atoms with Gasteiger partial charge >= 0.3 is 0 Å². The minimum Gasteiger partial charge on any atom is -0.495 e. The quantitative estimate of drug-likeness (QED) is 0.561. The van der Waals surface area contributed by atoms with Crippen LogP contribution < -0.4 is 10.1 Å². The van der Waals surface area contributed by atoms with E-state index >= 15 is 0 Å². The highest BCUT2D eigenvalue weighted by atomic mass is 19.1. The van der Waals surface area contributed by atoms with Crippen LogP contribution in [0.5, 0.6) is 5.75 Å². The van der Waals surface area contributed by atoms with Crippen molar-refractivity contribution in [2.24, 2.45) is 5.92 Å². The van der Waals surface area contributed by atoms with Crippen molar-refractivity contribution in [3.8, 4) is 5.75 Å². The first-order chi connectivity index (χ1) is 15.3. The van der Waals surface area contributed by atoms with E-state index < -0.39 is 5.91 Å². The molecule has 1 heterocycles.